The topological polar surface area (TPSA) is 12.5 Å². The Kier molecular flexibility index (Phi) is 9.23. The Balaban J connectivity index is 1.03. The van der Waals surface area contributed by atoms with Crippen molar-refractivity contribution in [3.05, 3.63) is 99.6 Å². The van der Waals surface area contributed by atoms with Crippen molar-refractivity contribution in [3.8, 4) is 11.1 Å². The first-order valence-corrected chi connectivity index (χ1v) is 16.0. The van der Waals surface area contributed by atoms with E-state index in [-0.39, 0.29) is 28.2 Å². The number of ether oxygens (including phenoxy) is 1. The van der Waals surface area contributed by atoms with Crippen molar-refractivity contribution in [3.63, 3.8) is 0 Å². The third kappa shape index (κ3) is 6.22. The van der Waals surface area contributed by atoms with Crippen LogP contribution in [-0.4, -0.2) is 6.61 Å². The SMILES string of the molecule is CCCc1ccc(C2CCC(CCC3CC=C(c4ccc(-c5ccc(C6CO6)c(F)c5F)c(F)c4F)CC3)CC2)c(F)c1F. The molecular weight excluding hydrogens is 574 g/mol. The predicted octanol–water partition coefficient (Wildman–Crippen LogP) is 11.1. The molecule has 1 heterocycles. The van der Waals surface area contributed by atoms with Gasteiger partial charge in [0.15, 0.2) is 34.9 Å². The Morgan fingerprint density at radius 3 is 1.89 bits per heavy atom. The second-order valence-corrected chi connectivity index (χ2v) is 12.8. The van der Waals surface area contributed by atoms with Crippen LogP contribution in [0.15, 0.2) is 42.5 Å². The molecule has 0 aromatic heterocycles. The molecule has 0 bridgehead atoms. The number of epoxide rings is 1. The van der Waals surface area contributed by atoms with Crippen LogP contribution in [0.5, 0.6) is 0 Å². The van der Waals surface area contributed by atoms with Crippen LogP contribution in [0.4, 0.5) is 26.3 Å². The van der Waals surface area contributed by atoms with Gasteiger partial charge >= 0.3 is 0 Å². The third-order valence-corrected chi connectivity index (χ3v) is 10.0. The second kappa shape index (κ2) is 13.1. The quantitative estimate of drug-likeness (QED) is 0.173. The van der Waals surface area contributed by atoms with E-state index in [1.54, 1.807) is 12.1 Å². The molecule has 234 valence electrons. The fraction of sp³-hybridized carbons (Fsp3) is 0.459. The molecule has 1 saturated carbocycles. The van der Waals surface area contributed by atoms with Crippen LogP contribution in [-0.2, 0) is 11.2 Å². The van der Waals surface area contributed by atoms with Crippen molar-refractivity contribution in [2.24, 2.45) is 11.8 Å². The van der Waals surface area contributed by atoms with E-state index in [9.17, 15) is 17.6 Å². The highest BCUT2D eigenvalue weighted by Crippen LogP contribution is 2.42. The summed E-state index contributed by atoms with van der Waals surface area (Å²) in [5.41, 5.74) is 1.32. The van der Waals surface area contributed by atoms with Crippen LogP contribution < -0.4 is 0 Å². The summed E-state index contributed by atoms with van der Waals surface area (Å²) in [4.78, 5) is 0. The lowest BCUT2D eigenvalue weighted by Gasteiger charge is -2.31. The van der Waals surface area contributed by atoms with Crippen molar-refractivity contribution >= 4 is 5.57 Å². The van der Waals surface area contributed by atoms with Gasteiger partial charge in [-0.25, -0.2) is 26.3 Å². The molecule has 1 nitrogen and oxygen atoms in total. The lowest BCUT2D eigenvalue weighted by molar-refractivity contribution is 0.278. The summed E-state index contributed by atoms with van der Waals surface area (Å²) in [6.07, 6.45) is 10.9. The molecule has 0 amide bonds. The minimum atomic E-state index is -1.21. The number of halogens is 6. The van der Waals surface area contributed by atoms with Gasteiger partial charge in [0.2, 0.25) is 0 Å². The summed E-state index contributed by atoms with van der Waals surface area (Å²) >= 11 is 0. The van der Waals surface area contributed by atoms with E-state index >= 15 is 8.78 Å². The summed E-state index contributed by atoms with van der Waals surface area (Å²) in [7, 11) is 0. The van der Waals surface area contributed by atoms with Crippen LogP contribution in [0.3, 0.4) is 0 Å². The molecule has 0 radical (unpaired) electrons. The summed E-state index contributed by atoms with van der Waals surface area (Å²) < 4.78 is 93.9. The predicted molar refractivity (Wildman–Crippen MR) is 160 cm³/mol. The minimum absolute atomic E-state index is 0.0606. The van der Waals surface area contributed by atoms with Crippen LogP contribution in [0.1, 0.15) is 105 Å². The van der Waals surface area contributed by atoms with E-state index < -0.39 is 41.0 Å². The number of benzene rings is 3. The number of hydrogen-bond donors (Lipinski definition) is 0. The molecule has 2 unspecified atom stereocenters. The Hall–Kier alpha value is -3.06. The number of rotatable bonds is 9. The molecule has 6 rings (SSSR count). The number of aryl methyl sites for hydroxylation is 1. The van der Waals surface area contributed by atoms with Crippen molar-refractivity contribution in [2.75, 3.05) is 6.61 Å². The Morgan fingerprint density at radius 1 is 0.636 bits per heavy atom. The third-order valence-electron chi connectivity index (χ3n) is 10.0. The maximum absolute atomic E-state index is 15.2. The average Bonchev–Trinajstić information content (AvgIpc) is 3.88. The molecule has 3 aromatic rings. The van der Waals surface area contributed by atoms with E-state index in [1.807, 2.05) is 13.0 Å². The number of allylic oxidation sites excluding steroid dienone is 2. The van der Waals surface area contributed by atoms with Crippen LogP contribution >= 0.6 is 0 Å². The standard InChI is InChI=1S/C37H38F6O/c1-2-3-25-14-15-26(33(39)32(25)38)23-10-6-21(7-11-23)4-5-22-8-12-24(13-9-22)27-16-17-28(35(41)34(27)40)29-18-19-30(31-20-44-31)37(43)36(29)42/h12,14-19,21-23,31H,2-11,13,20H2,1H3. The highest BCUT2D eigenvalue weighted by molar-refractivity contribution is 5.72. The largest absolute Gasteiger partial charge is 0.368 e. The molecule has 1 aliphatic heterocycles. The monoisotopic (exact) mass is 612 g/mol. The fourth-order valence-electron chi connectivity index (χ4n) is 7.27. The summed E-state index contributed by atoms with van der Waals surface area (Å²) in [6, 6.07) is 8.93. The van der Waals surface area contributed by atoms with Crippen molar-refractivity contribution in [1.29, 1.82) is 0 Å². The van der Waals surface area contributed by atoms with Crippen LogP contribution in [0.2, 0.25) is 0 Å². The maximum atomic E-state index is 15.2. The van der Waals surface area contributed by atoms with E-state index in [1.165, 1.54) is 24.3 Å². The van der Waals surface area contributed by atoms with Crippen molar-refractivity contribution < 1.29 is 31.1 Å². The van der Waals surface area contributed by atoms with Gasteiger partial charge in [0.05, 0.1) is 6.61 Å². The molecule has 2 atom stereocenters. The molecule has 1 saturated heterocycles. The Morgan fingerprint density at radius 2 is 1.23 bits per heavy atom. The van der Waals surface area contributed by atoms with Gasteiger partial charge in [-0.3, -0.25) is 0 Å². The summed E-state index contributed by atoms with van der Waals surface area (Å²) in [6.45, 7) is 2.26. The first kappa shape index (κ1) is 30.9. The highest BCUT2D eigenvalue weighted by Gasteiger charge is 2.31. The molecule has 3 aromatic carbocycles. The highest BCUT2D eigenvalue weighted by atomic mass is 19.2. The van der Waals surface area contributed by atoms with Crippen molar-refractivity contribution in [2.45, 2.75) is 89.6 Å². The normalized spacial score (nSPS) is 23.5. The van der Waals surface area contributed by atoms with Gasteiger partial charge in [-0.2, -0.15) is 0 Å². The van der Waals surface area contributed by atoms with Gasteiger partial charge in [-0.05, 0) is 92.2 Å². The molecule has 2 fully saturated rings. The molecule has 7 heteroatoms. The second-order valence-electron chi connectivity index (χ2n) is 12.8. The van der Waals surface area contributed by atoms with Gasteiger partial charge in [0.25, 0.3) is 0 Å². The maximum Gasteiger partial charge on any atom is 0.167 e. The van der Waals surface area contributed by atoms with Crippen LogP contribution in [0, 0.1) is 46.7 Å². The van der Waals surface area contributed by atoms with Crippen molar-refractivity contribution in [1.82, 2.24) is 0 Å². The lowest BCUT2D eigenvalue weighted by Crippen LogP contribution is -2.16. The van der Waals surface area contributed by atoms with Gasteiger partial charge in [0.1, 0.15) is 6.10 Å². The van der Waals surface area contributed by atoms with Gasteiger partial charge in [-0.15, -0.1) is 0 Å². The zero-order valence-corrected chi connectivity index (χ0v) is 25.0. The minimum Gasteiger partial charge on any atom is -0.368 e. The average molecular weight is 613 g/mol. The van der Waals surface area contributed by atoms with Gasteiger partial charge in [0, 0.05) is 22.3 Å². The molecule has 44 heavy (non-hydrogen) atoms. The zero-order valence-electron chi connectivity index (χ0n) is 25.0. The summed E-state index contributed by atoms with van der Waals surface area (Å²) in [5.74, 6) is -4.83. The fourth-order valence-corrected chi connectivity index (χ4v) is 7.27. The van der Waals surface area contributed by atoms with E-state index in [2.05, 4.69) is 0 Å². The Labute approximate surface area is 255 Å². The molecule has 3 aliphatic rings. The number of hydrogen-bond acceptors (Lipinski definition) is 1. The van der Waals surface area contributed by atoms with E-state index in [0.717, 1.165) is 63.4 Å². The van der Waals surface area contributed by atoms with Gasteiger partial charge < -0.3 is 4.74 Å². The molecular formula is C37H38F6O. The molecule has 0 N–H and O–H groups in total. The van der Waals surface area contributed by atoms with Gasteiger partial charge in [-0.1, -0.05) is 62.2 Å². The van der Waals surface area contributed by atoms with Crippen LogP contribution in [0.25, 0.3) is 16.7 Å². The molecule has 2 aliphatic carbocycles. The first-order chi connectivity index (χ1) is 21.3. The first-order valence-electron chi connectivity index (χ1n) is 16.0. The molecule has 0 spiro atoms. The Bertz CT molecular complexity index is 1550. The van der Waals surface area contributed by atoms with E-state index in [4.69, 9.17) is 4.74 Å². The van der Waals surface area contributed by atoms with E-state index in [0.29, 0.717) is 42.4 Å². The smallest absolute Gasteiger partial charge is 0.167 e. The summed E-state index contributed by atoms with van der Waals surface area (Å²) in [5, 5.41) is 0. The zero-order chi connectivity index (χ0) is 31.0. The lowest BCUT2D eigenvalue weighted by atomic mass is 9.75.